The van der Waals surface area contributed by atoms with Crippen molar-refractivity contribution in [2.75, 3.05) is 0 Å². The number of hydrogen-bond donors (Lipinski definition) is 0. The maximum absolute atomic E-state index is 13.2. The van der Waals surface area contributed by atoms with Crippen LogP contribution < -0.4 is 0 Å². The van der Waals surface area contributed by atoms with Crippen molar-refractivity contribution in [3.63, 3.8) is 0 Å². The molecule has 0 bridgehead atoms. The third kappa shape index (κ3) is 4.34. The molecular weight excluding hydrogens is 435 g/mol. The predicted molar refractivity (Wildman–Crippen MR) is 118 cm³/mol. The number of benzene rings is 3. The number of sulfonamides is 1. The molecule has 0 N–H and O–H groups in total. The van der Waals surface area contributed by atoms with Crippen molar-refractivity contribution in [3.8, 4) is 0 Å². The Hall–Kier alpha value is -3.32. The second kappa shape index (κ2) is 8.31. The Balaban J connectivity index is 1.76. The molecule has 0 amide bonds. The summed E-state index contributed by atoms with van der Waals surface area (Å²) in [6, 6.07) is 20.7. The van der Waals surface area contributed by atoms with Gasteiger partial charge in [-0.15, -0.1) is 0 Å². The van der Waals surface area contributed by atoms with Gasteiger partial charge in [-0.25, -0.2) is 12.7 Å². The van der Waals surface area contributed by atoms with E-state index in [1.165, 1.54) is 24.5 Å². The molecule has 1 unspecified atom stereocenters. The van der Waals surface area contributed by atoms with E-state index in [9.17, 15) is 21.6 Å². The lowest BCUT2D eigenvalue weighted by molar-refractivity contribution is -0.137. The van der Waals surface area contributed by atoms with E-state index in [2.05, 4.69) is 0 Å². The number of aryl methyl sites for hydroxylation is 1. The van der Waals surface area contributed by atoms with Gasteiger partial charge in [0.2, 0.25) is 0 Å². The van der Waals surface area contributed by atoms with E-state index in [0.717, 1.165) is 27.6 Å². The first-order valence-corrected chi connectivity index (χ1v) is 11.3. The Morgan fingerprint density at radius 2 is 1.47 bits per heavy atom. The molecule has 0 fully saturated rings. The average Bonchev–Trinajstić information content (AvgIpc) is 2.79. The molecule has 7 heteroatoms. The monoisotopic (exact) mass is 455 g/mol. The molecule has 1 aliphatic heterocycles. The number of alkyl halides is 3. The Morgan fingerprint density at radius 3 is 2.06 bits per heavy atom. The smallest absolute Gasteiger partial charge is 0.249 e. The molecule has 0 spiro atoms. The van der Waals surface area contributed by atoms with E-state index in [1.54, 1.807) is 30.3 Å². The minimum absolute atomic E-state index is 0.157. The number of allylic oxidation sites excluding steroid dienone is 2. The van der Waals surface area contributed by atoms with Crippen LogP contribution in [-0.2, 0) is 16.2 Å². The van der Waals surface area contributed by atoms with Gasteiger partial charge in [0.1, 0.15) is 0 Å². The highest BCUT2D eigenvalue weighted by Crippen LogP contribution is 2.39. The van der Waals surface area contributed by atoms with Crippen molar-refractivity contribution in [2.24, 2.45) is 0 Å². The van der Waals surface area contributed by atoms with Crippen LogP contribution in [0.4, 0.5) is 13.2 Å². The second-order valence-corrected chi connectivity index (χ2v) is 9.38. The summed E-state index contributed by atoms with van der Waals surface area (Å²) in [6.45, 7) is 1.87. The van der Waals surface area contributed by atoms with E-state index in [1.807, 2.05) is 37.3 Å². The first kappa shape index (κ1) is 21.9. The van der Waals surface area contributed by atoms with Crippen LogP contribution in [0.5, 0.6) is 0 Å². The van der Waals surface area contributed by atoms with Gasteiger partial charge in [-0.1, -0.05) is 66.2 Å². The molecule has 32 heavy (non-hydrogen) atoms. The van der Waals surface area contributed by atoms with E-state index in [0.29, 0.717) is 11.1 Å². The number of hydrogen-bond acceptors (Lipinski definition) is 2. The van der Waals surface area contributed by atoms with Crippen molar-refractivity contribution >= 4 is 15.6 Å². The molecule has 3 nitrogen and oxygen atoms in total. The normalized spacial score (nSPS) is 16.7. The molecule has 1 atom stereocenters. The van der Waals surface area contributed by atoms with E-state index >= 15 is 0 Å². The van der Waals surface area contributed by atoms with Crippen LogP contribution >= 0.6 is 0 Å². The van der Waals surface area contributed by atoms with Gasteiger partial charge in [0.15, 0.2) is 0 Å². The van der Waals surface area contributed by atoms with Gasteiger partial charge in [-0.3, -0.25) is 0 Å². The Labute approximate surface area is 185 Å². The molecule has 1 heterocycles. The molecule has 0 aromatic heterocycles. The molecular formula is C25H20F3NO2S. The lowest BCUT2D eigenvalue weighted by Gasteiger charge is -2.27. The standard InChI is InChI=1S/C25H20F3NO2S/c1-18-7-13-22(14-8-18)32(30,31)29-16-15-23(24(17-29)19-5-3-2-4-6-19)20-9-11-21(12-10-20)25(26,27)28/h2-17,23H,1H3. The van der Waals surface area contributed by atoms with Crippen LogP contribution in [0.25, 0.3) is 5.57 Å². The molecule has 3 aromatic carbocycles. The Bertz CT molecular complexity index is 1260. The molecule has 0 saturated carbocycles. The zero-order valence-corrected chi connectivity index (χ0v) is 17.9. The van der Waals surface area contributed by atoms with Gasteiger partial charge in [0, 0.05) is 18.3 Å². The van der Waals surface area contributed by atoms with Crippen LogP contribution in [0.1, 0.15) is 28.2 Å². The molecule has 1 aliphatic rings. The zero-order valence-electron chi connectivity index (χ0n) is 17.1. The van der Waals surface area contributed by atoms with Crippen LogP contribution in [0.3, 0.4) is 0 Å². The van der Waals surface area contributed by atoms with Gasteiger partial charge in [-0.2, -0.15) is 13.2 Å². The number of nitrogens with zero attached hydrogens (tertiary/aromatic N) is 1. The summed E-state index contributed by atoms with van der Waals surface area (Å²) >= 11 is 0. The molecule has 3 aromatic rings. The van der Waals surface area contributed by atoms with Gasteiger partial charge in [0.25, 0.3) is 10.0 Å². The van der Waals surface area contributed by atoms with Gasteiger partial charge < -0.3 is 0 Å². The molecule has 164 valence electrons. The Morgan fingerprint density at radius 1 is 0.844 bits per heavy atom. The highest BCUT2D eigenvalue weighted by Gasteiger charge is 2.31. The lowest BCUT2D eigenvalue weighted by Crippen LogP contribution is -2.24. The summed E-state index contributed by atoms with van der Waals surface area (Å²) < 4.78 is 66.4. The van der Waals surface area contributed by atoms with E-state index < -0.39 is 27.7 Å². The fraction of sp³-hybridized carbons (Fsp3) is 0.120. The van der Waals surface area contributed by atoms with Crippen LogP contribution in [0.2, 0.25) is 0 Å². The second-order valence-electron chi connectivity index (χ2n) is 7.54. The van der Waals surface area contributed by atoms with Crippen LogP contribution in [0.15, 0.2) is 102 Å². The van der Waals surface area contributed by atoms with Crippen molar-refractivity contribution in [3.05, 3.63) is 120 Å². The van der Waals surface area contributed by atoms with Crippen LogP contribution in [-0.4, -0.2) is 12.7 Å². The topological polar surface area (TPSA) is 37.4 Å². The van der Waals surface area contributed by atoms with Gasteiger partial charge in [0.05, 0.1) is 10.5 Å². The minimum Gasteiger partial charge on any atom is -0.249 e. The average molecular weight is 456 g/mol. The fourth-order valence-corrected chi connectivity index (χ4v) is 4.78. The summed E-state index contributed by atoms with van der Waals surface area (Å²) in [4.78, 5) is 0.157. The Kier molecular flexibility index (Phi) is 5.69. The highest BCUT2D eigenvalue weighted by molar-refractivity contribution is 7.89. The number of halogens is 3. The zero-order chi connectivity index (χ0) is 22.9. The maximum Gasteiger partial charge on any atom is 0.416 e. The first-order valence-electron chi connectivity index (χ1n) is 9.89. The van der Waals surface area contributed by atoms with Crippen molar-refractivity contribution in [2.45, 2.75) is 23.9 Å². The fourth-order valence-electron chi connectivity index (χ4n) is 3.57. The highest BCUT2D eigenvalue weighted by atomic mass is 32.2. The summed E-state index contributed by atoms with van der Waals surface area (Å²) in [5, 5.41) is 0. The maximum atomic E-state index is 13.2. The van der Waals surface area contributed by atoms with Crippen molar-refractivity contribution in [1.82, 2.24) is 4.31 Å². The van der Waals surface area contributed by atoms with Gasteiger partial charge >= 0.3 is 6.18 Å². The third-order valence-corrected chi connectivity index (χ3v) is 6.98. The van der Waals surface area contributed by atoms with Crippen molar-refractivity contribution in [1.29, 1.82) is 0 Å². The quantitative estimate of drug-likeness (QED) is 0.459. The first-order chi connectivity index (χ1) is 15.2. The van der Waals surface area contributed by atoms with Crippen LogP contribution in [0, 0.1) is 6.92 Å². The molecule has 0 aliphatic carbocycles. The molecule has 4 rings (SSSR count). The van der Waals surface area contributed by atoms with Crippen molar-refractivity contribution < 1.29 is 21.6 Å². The molecule has 0 radical (unpaired) electrons. The summed E-state index contributed by atoms with van der Waals surface area (Å²) in [5.74, 6) is -0.399. The SMILES string of the molecule is Cc1ccc(S(=O)(=O)N2C=CC(c3ccc(C(F)(F)F)cc3)C(c3ccccc3)=C2)cc1. The summed E-state index contributed by atoms with van der Waals surface area (Å²) in [7, 11) is -3.83. The third-order valence-electron chi connectivity index (χ3n) is 5.33. The molecule has 0 saturated heterocycles. The predicted octanol–water partition coefficient (Wildman–Crippen LogP) is 6.36. The number of rotatable bonds is 4. The minimum atomic E-state index is -4.42. The summed E-state index contributed by atoms with van der Waals surface area (Å²) in [6.07, 6.45) is 0.255. The van der Waals surface area contributed by atoms with E-state index in [4.69, 9.17) is 0 Å². The lowest BCUT2D eigenvalue weighted by atomic mass is 9.86. The largest absolute Gasteiger partial charge is 0.416 e. The van der Waals surface area contributed by atoms with Gasteiger partial charge in [-0.05, 0) is 47.9 Å². The summed E-state index contributed by atoms with van der Waals surface area (Å²) in [5.41, 5.74) is 2.31. The van der Waals surface area contributed by atoms with E-state index in [-0.39, 0.29) is 4.90 Å².